The standard InChI is InChI=1S/C11H23N5O2S2/c1-5-12-6-7-16-10(13-14-15-16)19-8-9-20(17,18)11(2,3)4/h12H,5-9H2,1-4H3. The Morgan fingerprint density at radius 3 is 2.65 bits per heavy atom. The van der Waals surface area contributed by atoms with Gasteiger partial charge in [-0.1, -0.05) is 18.7 Å². The molecule has 0 aliphatic carbocycles. The third-order valence-electron chi connectivity index (χ3n) is 2.77. The van der Waals surface area contributed by atoms with Gasteiger partial charge in [-0.15, -0.1) is 5.10 Å². The Balaban J connectivity index is 2.49. The summed E-state index contributed by atoms with van der Waals surface area (Å²) in [7, 11) is -3.10. The SMILES string of the molecule is CCNCCn1nnnc1SCCS(=O)(=O)C(C)(C)C. The van der Waals surface area contributed by atoms with Crippen molar-refractivity contribution in [3.05, 3.63) is 0 Å². The smallest absolute Gasteiger partial charge is 0.209 e. The molecule has 1 rings (SSSR count). The van der Waals surface area contributed by atoms with Crippen LogP contribution in [0, 0.1) is 0 Å². The lowest BCUT2D eigenvalue weighted by Crippen LogP contribution is -2.31. The summed E-state index contributed by atoms with van der Waals surface area (Å²) in [6.45, 7) is 9.54. The number of likely N-dealkylation sites (N-methyl/N-ethyl adjacent to an activating group) is 1. The molecule has 7 nitrogen and oxygen atoms in total. The highest BCUT2D eigenvalue weighted by Crippen LogP contribution is 2.20. The monoisotopic (exact) mass is 321 g/mol. The molecule has 0 saturated carbocycles. The van der Waals surface area contributed by atoms with Crippen LogP contribution in [0.4, 0.5) is 0 Å². The van der Waals surface area contributed by atoms with Crippen LogP contribution in [0.5, 0.6) is 0 Å². The van der Waals surface area contributed by atoms with Gasteiger partial charge in [0.05, 0.1) is 17.0 Å². The van der Waals surface area contributed by atoms with E-state index in [0.717, 1.165) is 13.1 Å². The van der Waals surface area contributed by atoms with E-state index in [1.807, 2.05) is 6.92 Å². The molecule has 1 aromatic heterocycles. The van der Waals surface area contributed by atoms with Gasteiger partial charge in [0, 0.05) is 12.3 Å². The van der Waals surface area contributed by atoms with Crippen molar-refractivity contribution in [1.29, 1.82) is 0 Å². The van der Waals surface area contributed by atoms with Gasteiger partial charge in [-0.3, -0.25) is 0 Å². The Hall–Kier alpha value is -0.670. The Morgan fingerprint density at radius 2 is 2.05 bits per heavy atom. The number of nitrogens with one attached hydrogen (secondary N) is 1. The summed E-state index contributed by atoms with van der Waals surface area (Å²) in [6.07, 6.45) is 0. The molecule has 0 aliphatic rings. The molecule has 20 heavy (non-hydrogen) atoms. The molecule has 1 N–H and O–H groups in total. The number of nitrogens with zero attached hydrogens (tertiary/aromatic N) is 4. The van der Waals surface area contributed by atoms with Gasteiger partial charge in [-0.2, -0.15) is 0 Å². The molecule has 116 valence electrons. The lowest BCUT2D eigenvalue weighted by Gasteiger charge is -2.18. The van der Waals surface area contributed by atoms with Crippen molar-refractivity contribution in [1.82, 2.24) is 25.5 Å². The first-order chi connectivity index (χ1) is 9.28. The van der Waals surface area contributed by atoms with Crippen LogP contribution in [-0.2, 0) is 16.4 Å². The topological polar surface area (TPSA) is 89.8 Å². The lowest BCUT2D eigenvalue weighted by atomic mass is 10.3. The number of rotatable bonds is 8. The molecule has 0 unspecified atom stereocenters. The zero-order chi connectivity index (χ0) is 15.2. The third kappa shape index (κ3) is 5.02. The summed E-state index contributed by atoms with van der Waals surface area (Å²) in [5, 5.41) is 15.3. The molecule has 0 fully saturated rings. The van der Waals surface area contributed by atoms with Crippen LogP contribution in [0.3, 0.4) is 0 Å². The molecule has 0 bridgehead atoms. The minimum atomic E-state index is -3.10. The molecule has 9 heteroatoms. The molecular formula is C11H23N5O2S2. The van der Waals surface area contributed by atoms with Gasteiger partial charge in [-0.25, -0.2) is 13.1 Å². The number of tetrazole rings is 1. The highest BCUT2D eigenvalue weighted by Gasteiger charge is 2.28. The van der Waals surface area contributed by atoms with Gasteiger partial charge < -0.3 is 5.32 Å². The zero-order valence-electron chi connectivity index (χ0n) is 12.5. The summed E-state index contributed by atoms with van der Waals surface area (Å²) in [6, 6.07) is 0. The number of hydrogen-bond acceptors (Lipinski definition) is 7. The van der Waals surface area contributed by atoms with Crippen molar-refractivity contribution in [3.8, 4) is 0 Å². The quantitative estimate of drug-likeness (QED) is 0.553. The predicted octanol–water partition coefficient (Wildman–Crippen LogP) is 0.588. The average molecular weight is 321 g/mol. The predicted molar refractivity (Wildman–Crippen MR) is 80.6 cm³/mol. The van der Waals surface area contributed by atoms with Crippen LogP contribution < -0.4 is 5.32 Å². The van der Waals surface area contributed by atoms with E-state index in [9.17, 15) is 8.42 Å². The number of hydrogen-bond donors (Lipinski definition) is 1. The maximum atomic E-state index is 12.0. The number of aromatic nitrogens is 4. The number of sulfone groups is 1. The second-order valence-corrected chi connectivity index (χ2v) is 9.24. The second kappa shape index (κ2) is 7.37. The van der Waals surface area contributed by atoms with Crippen LogP contribution >= 0.6 is 11.8 Å². The van der Waals surface area contributed by atoms with Crippen molar-refractivity contribution in [2.75, 3.05) is 24.6 Å². The molecule has 1 aromatic rings. The minimum absolute atomic E-state index is 0.126. The van der Waals surface area contributed by atoms with Gasteiger partial charge in [-0.05, 0) is 37.7 Å². The fraction of sp³-hybridized carbons (Fsp3) is 0.909. The van der Waals surface area contributed by atoms with Crippen molar-refractivity contribution in [2.45, 2.75) is 44.1 Å². The summed E-state index contributed by atoms with van der Waals surface area (Å²) < 4.78 is 25.0. The van der Waals surface area contributed by atoms with Gasteiger partial charge in [0.15, 0.2) is 9.84 Å². The molecule has 1 heterocycles. The molecule has 0 radical (unpaired) electrons. The van der Waals surface area contributed by atoms with Crippen molar-refractivity contribution >= 4 is 21.6 Å². The van der Waals surface area contributed by atoms with Gasteiger partial charge >= 0.3 is 0 Å². The Labute approximate surface area is 124 Å². The maximum absolute atomic E-state index is 12.0. The van der Waals surface area contributed by atoms with E-state index in [4.69, 9.17) is 0 Å². The Kier molecular flexibility index (Phi) is 6.41. The van der Waals surface area contributed by atoms with E-state index in [2.05, 4.69) is 20.8 Å². The van der Waals surface area contributed by atoms with Crippen molar-refractivity contribution in [2.24, 2.45) is 0 Å². The lowest BCUT2D eigenvalue weighted by molar-refractivity contribution is 0.517. The Morgan fingerprint density at radius 1 is 1.35 bits per heavy atom. The molecule has 0 aromatic carbocycles. The van der Waals surface area contributed by atoms with Gasteiger partial charge in [0.25, 0.3) is 0 Å². The molecule has 0 aliphatic heterocycles. The first kappa shape index (κ1) is 17.4. The fourth-order valence-electron chi connectivity index (χ4n) is 1.35. The van der Waals surface area contributed by atoms with Crippen LogP contribution in [0.1, 0.15) is 27.7 Å². The number of thioether (sulfide) groups is 1. The molecular weight excluding hydrogens is 298 g/mol. The van der Waals surface area contributed by atoms with E-state index >= 15 is 0 Å². The summed E-state index contributed by atoms with van der Waals surface area (Å²) in [5.74, 6) is 0.586. The van der Waals surface area contributed by atoms with E-state index in [1.54, 1.807) is 25.5 Å². The highest BCUT2D eigenvalue weighted by molar-refractivity contribution is 8.00. The minimum Gasteiger partial charge on any atom is -0.315 e. The second-order valence-electron chi connectivity index (χ2n) is 5.32. The fourth-order valence-corrected chi connectivity index (χ4v) is 3.73. The molecule has 0 amide bonds. The average Bonchev–Trinajstić information content (AvgIpc) is 2.75. The first-order valence-corrected chi connectivity index (χ1v) is 9.23. The highest BCUT2D eigenvalue weighted by atomic mass is 32.2. The van der Waals surface area contributed by atoms with E-state index in [1.165, 1.54) is 11.8 Å². The van der Waals surface area contributed by atoms with Crippen molar-refractivity contribution < 1.29 is 8.42 Å². The van der Waals surface area contributed by atoms with E-state index in [0.29, 0.717) is 17.5 Å². The normalized spacial score (nSPS) is 12.8. The van der Waals surface area contributed by atoms with Gasteiger partial charge in [0.1, 0.15) is 0 Å². The summed E-state index contributed by atoms with van der Waals surface area (Å²) in [4.78, 5) is 0. The van der Waals surface area contributed by atoms with Crippen LogP contribution in [0.25, 0.3) is 0 Å². The van der Waals surface area contributed by atoms with Gasteiger partial charge in [0.2, 0.25) is 5.16 Å². The van der Waals surface area contributed by atoms with Crippen LogP contribution in [-0.4, -0.2) is 58.0 Å². The molecule has 0 saturated heterocycles. The van der Waals surface area contributed by atoms with E-state index in [-0.39, 0.29) is 5.75 Å². The third-order valence-corrected chi connectivity index (χ3v) is 6.59. The molecule has 0 spiro atoms. The van der Waals surface area contributed by atoms with E-state index < -0.39 is 14.6 Å². The zero-order valence-corrected chi connectivity index (χ0v) is 14.1. The summed E-state index contributed by atoms with van der Waals surface area (Å²) in [5.41, 5.74) is 0. The van der Waals surface area contributed by atoms with Crippen LogP contribution in [0.2, 0.25) is 0 Å². The Bertz CT molecular complexity index is 507. The molecule has 0 atom stereocenters. The first-order valence-electron chi connectivity index (χ1n) is 6.60. The van der Waals surface area contributed by atoms with Crippen molar-refractivity contribution in [3.63, 3.8) is 0 Å². The maximum Gasteiger partial charge on any atom is 0.209 e. The largest absolute Gasteiger partial charge is 0.315 e. The summed E-state index contributed by atoms with van der Waals surface area (Å²) >= 11 is 1.37. The van der Waals surface area contributed by atoms with Crippen LogP contribution in [0.15, 0.2) is 5.16 Å².